The number of carbonyl (C=O) groups excluding carboxylic acids is 1. The minimum absolute atomic E-state index is 0.0921. The van der Waals surface area contributed by atoms with Crippen LogP contribution in [0.15, 0.2) is 0 Å². The molecule has 92 valence electrons. The number of rotatable bonds is 5. The van der Waals surface area contributed by atoms with Gasteiger partial charge in [0, 0.05) is 6.54 Å². The number of esters is 1. The molecule has 1 saturated heterocycles. The van der Waals surface area contributed by atoms with Crippen molar-refractivity contribution < 1.29 is 24.2 Å². The summed E-state index contributed by atoms with van der Waals surface area (Å²) < 4.78 is 10.1. The third-order valence-electron chi connectivity index (χ3n) is 2.38. The van der Waals surface area contributed by atoms with E-state index in [0.29, 0.717) is 26.1 Å². The lowest BCUT2D eigenvalue weighted by Crippen LogP contribution is -2.28. The summed E-state index contributed by atoms with van der Waals surface area (Å²) in [5.74, 6) is -0.282. The SMILES string of the molecule is CCOC(=O)CCO[C@@H]1CCN(C(=O)O)C1. The van der Waals surface area contributed by atoms with Gasteiger partial charge in [-0.3, -0.25) is 4.79 Å². The average Bonchev–Trinajstić information content (AvgIpc) is 2.67. The molecule has 0 radical (unpaired) electrons. The van der Waals surface area contributed by atoms with Gasteiger partial charge in [-0.15, -0.1) is 0 Å². The van der Waals surface area contributed by atoms with Crippen LogP contribution in [-0.2, 0) is 14.3 Å². The Morgan fingerprint density at radius 2 is 2.25 bits per heavy atom. The van der Waals surface area contributed by atoms with Gasteiger partial charge in [0.25, 0.3) is 0 Å². The molecular formula is C10H17NO5. The fourth-order valence-electron chi connectivity index (χ4n) is 1.58. The molecule has 6 heteroatoms. The predicted molar refractivity (Wildman–Crippen MR) is 55.2 cm³/mol. The highest BCUT2D eigenvalue weighted by molar-refractivity contribution is 5.69. The van der Waals surface area contributed by atoms with E-state index in [0.717, 1.165) is 0 Å². The summed E-state index contributed by atoms with van der Waals surface area (Å²) in [7, 11) is 0. The Balaban J connectivity index is 2.11. The molecule has 0 aromatic carbocycles. The van der Waals surface area contributed by atoms with E-state index in [1.807, 2.05) is 0 Å². The predicted octanol–water partition coefficient (Wildman–Crippen LogP) is 0.709. The Kier molecular flexibility index (Phi) is 5.04. The van der Waals surface area contributed by atoms with Gasteiger partial charge in [-0.2, -0.15) is 0 Å². The molecule has 1 aliphatic rings. The molecule has 1 heterocycles. The molecule has 1 rings (SSSR count). The summed E-state index contributed by atoms with van der Waals surface area (Å²) >= 11 is 0. The molecule has 0 aromatic rings. The first-order valence-corrected chi connectivity index (χ1v) is 5.38. The van der Waals surface area contributed by atoms with E-state index in [2.05, 4.69) is 0 Å². The molecule has 0 aliphatic carbocycles. The second-order valence-corrected chi connectivity index (χ2v) is 3.57. The Morgan fingerprint density at radius 1 is 1.50 bits per heavy atom. The lowest BCUT2D eigenvalue weighted by atomic mass is 10.3. The number of carboxylic acid groups (broad SMARTS) is 1. The highest BCUT2D eigenvalue weighted by Crippen LogP contribution is 2.12. The molecule has 1 atom stereocenters. The molecule has 16 heavy (non-hydrogen) atoms. The van der Waals surface area contributed by atoms with Crippen LogP contribution in [-0.4, -0.2) is 54.5 Å². The number of likely N-dealkylation sites (tertiary alicyclic amines) is 1. The van der Waals surface area contributed by atoms with Gasteiger partial charge >= 0.3 is 12.1 Å². The second kappa shape index (κ2) is 6.32. The van der Waals surface area contributed by atoms with Gasteiger partial charge in [-0.25, -0.2) is 4.79 Å². The van der Waals surface area contributed by atoms with Crippen molar-refractivity contribution in [1.29, 1.82) is 0 Å². The smallest absolute Gasteiger partial charge is 0.407 e. The molecule has 1 N–H and O–H groups in total. The van der Waals surface area contributed by atoms with Crippen molar-refractivity contribution in [2.75, 3.05) is 26.3 Å². The van der Waals surface area contributed by atoms with E-state index in [1.54, 1.807) is 6.92 Å². The Labute approximate surface area is 94.1 Å². The molecule has 0 saturated carbocycles. The van der Waals surface area contributed by atoms with Gasteiger partial charge in [-0.05, 0) is 13.3 Å². The second-order valence-electron chi connectivity index (χ2n) is 3.57. The molecular weight excluding hydrogens is 214 g/mol. The first-order chi connectivity index (χ1) is 7.63. The quantitative estimate of drug-likeness (QED) is 0.705. The standard InChI is InChI=1S/C10H17NO5/c1-2-15-9(12)4-6-16-8-3-5-11(7-8)10(13)14/h8H,2-7H2,1H3,(H,13,14)/t8-/m1/s1. The summed E-state index contributed by atoms with van der Waals surface area (Å²) in [4.78, 5) is 22.9. The lowest BCUT2D eigenvalue weighted by Gasteiger charge is -2.12. The first-order valence-electron chi connectivity index (χ1n) is 5.38. The average molecular weight is 231 g/mol. The minimum atomic E-state index is -0.920. The number of carbonyl (C=O) groups is 2. The van der Waals surface area contributed by atoms with Gasteiger partial charge in [0.2, 0.25) is 0 Å². The van der Waals surface area contributed by atoms with Gasteiger partial charge < -0.3 is 19.5 Å². The van der Waals surface area contributed by atoms with Crippen LogP contribution in [0, 0.1) is 0 Å². The third kappa shape index (κ3) is 4.06. The minimum Gasteiger partial charge on any atom is -0.466 e. The maximum absolute atomic E-state index is 11.0. The number of amides is 1. The maximum atomic E-state index is 11.0. The largest absolute Gasteiger partial charge is 0.466 e. The van der Waals surface area contributed by atoms with Crippen LogP contribution in [0.1, 0.15) is 19.8 Å². The van der Waals surface area contributed by atoms with Crippen molar-refractivity contribution in [1.82, 2.24) is 4.90 Å². The van der Waals surface area contributed by atoms with Crippen molar-refractivity contribution in [3.05, 3.63) is 0 Å². The number of hydrogen-bond donors (Lipinski definition) is 1. The molecule has 0 bridgehead atoms. The van der Waals surface area contributed by atoms with Crippen LogP contribution in [0.5, 0.6) is 0 Å². The first kappa shape index (κ1) is 12.8. The topological polar surface area (TPSA) is 76.1 Å². The Morgan fingerprint density at radius 3 is 2.81 bits per heavy atom. The summed E-state index contributed by atoms with van der Waals surface area (Å²) in [5, 5.41) is 8.71. The molecule has 1 amide bonds. The zero-order valence-corrected chi connectivity index (χ0v) is 9.35. The fourth-order valence-corrected chi connectivity index (χ4v) is 1.58. The number of hydrogen-bond acceptors (Lipinski definition) is 4. The van der Waals surface area contributed by atoms with Gasteiger partial charge in [0.15, 0.2) is 0 Å². The molecule has 0 aromatic heterocycles. The van der Waals surface area contributed by atoms with Gasteiger partial charge in [0.1, 0.15) is 0 Å². The fraction of sp³-hybridized carbons (Fsp3) is 0.800. The summed E-state index contributed by atoms with van der Waals surface area (Å²) in [6, 6.07) is 0. The van der Waals surface area contributed by atoms with E-state index in [1.165, 1.54) is 4.90 Å². The highest BCUT2D eigenvalue weighted by Gasteiger charge is 2.26. The number of nitrogens with zero attached hydrogens (tertiary/aromatic N) is 1. The van der Waals surface area contributed by atoms with Gasteiger partial charge in [0.05, 0.1) is 32.3 Å². The normalized spacial score (nSPS) is 19.8. The van der Waals surface area contributed by atoms with Crippen LogP contribution in [0.4, 0.5) is 4.79 Å². The number of ether oxygens (including phenoxy) is 2. The molecule has 6 nitrogen and oxygen atoms in total. The summed E-state index contributed by atoms with van der Waals surface area (Å²) in [5.41, 5.74) is 0. The van der Waals surface area contributed by atoms with Crippen molar-refractivity contribution in [2.24, 2.45) is 0 Å². The van der Waals surface area contributed by atoms with Crippen LogP contribution in [0.25, 0.3) is 0 Å². The van der Waals surface area contributed by atoms with Crippen LogP contribution in [0.3, 0.4) is 0 Å². The monoisotopic (exact) mass is 231 g/mol. The Hall–Kier alpha value is -1.30. The Bertz CT molecular complexity index is 256. The maximum Gasteiger partial charge on any atom is 0.407 e. The third-order valence-corrected chi connectivity index (χ3v) is 2.38. The summed E-state index contributed by atoms with van der Waals surface area (Å²) in [6.45, 7) is 3.30. The summed E-state index contributed by atoms with van der Waals surface area (Å²) in [6.07, 6.45) is -0.103. The molecule has 1 fully saturated rings. The molecule has 0 unspecified atom stereocenters. The zero-order valence-electron chi connectivity index (χ0n) is 9.35. The van der Waals surface area contributed by atoms with E-state index in [9.17, 15) is 9.59 Å². The van der Waals surface area contributed by atoms with Gasteiger partial charge in [-0.1, -0.05) is 0 Å². The van der Waals surface area contributed by atoms with Crippen LogP contribution in [0.2, 0.25) is 0 Å². The van der Waals surface area contributed by atoms with E-state index in [-0.39, 0.29) is 25.1 Å². The van der Waals surface area contributed by atoms with Crippen molar-refractivity contribution in [2.45, 2.75) is 25.9 Å². The van der Waals surface area contributed by atoms with Crippen molar-refractivity contribution in [3.8, 4) is 0 Å². The van der Waals surface area contributed by atoms with E-state index < -0.39 is 6.09 Å². The van der Waals surface area contributed by atoms with Crippen LogP contribution < -0.4 is 0 Å². The lowest BCUT2D eigenvalue weighted by molar-refractivity contribution is -0.144. The zero-order chi connectivity index (χ0) is 12.0. The van der Waals surface area contributed by atoms with E-state index >= 15 is 0 Å². The highest BCUT2D eigenvalue weighted by atomic mass is 16.5. The molecule has 1 aliphatic heterocycles. The van der Waals surface area contributed by atoms with Crippen molar-refractivity contribution in [3.63, 3.8) is 0 Å². The molecule has 0 spiro atoms. The van der Waals surface area contributed by atoms with Crippen molar-refractivity contribution >= 4 is 12.1 Å². The van der Waals surface area contributed by atoms with Crippen LogP contribution >= 0.6 is 0 Å². The van der Waals surface area contributed by atoms with E-state index in [4.69, 9.17) is 14.6 Å².